The quantitative estimate of drug-likeness (QED) is 0.500. The van der Waals surface area contributed by atoms with E-state index in [0.717, 1.165) is 13.1 Å². The van der Waals surface area contributed by atoms with Gasteiger partial charge in [0.2, 0.25) is 0 Å². The topological polar surface area (TPSA) is 93.2 Å². The Hall–Kier alpha value is -3.92. The summed E-state index contributed by atoms with van der Waals surface area (Å²) in [7, 11) is 2.01. The molecule has 2 aromatic carbocycles. The smallest absolute Gasteiger partial charge is 0.259 e. The zero-order valence-corrected chi connectivity index (χ0v) is 18.6. The van der Waals surface area contributed by atoms with Crippen molar-refractivity contribution in [2.24, 2.45) is 0 Å². The van der Waals surface area contributed by atoms with Crippen LogP contribution in [0.25, 0.3) is 22.4 Å². The van der Waals surface area contributed by atoms with Crippen LogP contribution in [0.15, 0.2) is 48.7 Å². The van der Waals surface area contributed by atoms with Crippen LogP contribution in [-0.4, -0.2) is 68.7 Å². The third-order valence-electron chi connectivity index (χ3n) is 6.05. The van der Waals surface area contributed by atoms with Crippen molar-refractivity contribution in [1.29, 1.82) is 0 Å². The van der Waals surface area contributed by atoms with E-state index in [0.29, 0.717) is 29.7 Å². The fourth-order valence-corrected chi connectivity index (χ4v) is 4.11. The summed E-state index contributed by atoms with van der Waals surface area (Å²) in [4.78, 5) is 25.5. The third kappa shape index (κ3) is 3.96. The van der Waals surface area contributed by atoms with E-state index < -0.39 is 11.6 Å². The van der Waals surface area contributed by atoms with E-state index in [1.807, 2.05) is 7.05 Å². The highest BCUT2D eigenvalue weighted by molar-refractivity contribution is 5.99. The molecule has 1 amide bonds. The number of hydrogen-bond donors (Lipinski definition) is 1. The molecule has 0 aliphatic carbocycles. The highest BCUT2D eigenvalue weighted by Gasteiger charge is 2.25. The molecule has 8 nitrogen and oxygen atoms in total. The second-order valence-electron chi connectivity index (χ2n) is 8.32. The molecule has 1 aliphatic heterocycles. The summed E-state index contributed by atoms with van der Waals surface area (Å²) in [5.74, 6) is -0.936. The van der Waals surface area contributed by atoms with Gasteiger partial charge in [-0.15, -0.1) is 0 Å². The van der Waals surface area contributed by atoms with Crippen molar-refractivity contribution in [2.45, 2.75) is 6.54 Å². The number of hydrogen-bond acceptors (Lipinski definition) is 6. The Labute approximate surface area is 194 Å². The fraction of sp³-hybridized carbons (Fsp3) is 0.250. The summed E-state index contributed by atoms with van der Waals surface area (Å²) in [6.45, 7) is 2.78. The van der Waals surface area contributed by atoms with E-state index in [1.165, 1.54) is 23.0 Å². The van der Waals surface area contributed by atoms with Crippen LogP contribution in [0.5, 0.6) is 0 Å². The second kappa shape index (κ2) is 8.79. The number of carbonyl (C=O) groups is 1. The molecule has 10 heteroatoms. The molecule has 1 saturated heterocycles. The number of nitrogens with two attached hydrogens (primary N) is 1. The summed E-state index contributed by atoms with van der Waals surface area (Å²) in [5, 5.41) is 4.97. The number of aromatic nitrogens is 4. The Morgan fingerprint density at radius 1 is 1.03 bits per heavy atom. The lowest BCUT2D eigenvalue weighted by atomic mass is 10.1. The van der Waals surface area contributed by atoms with Gasteiger partial charge in [0.15, 0.2) is 5.82 Å². The molecule has 174 valence electrons. The first-order valence-corrected chi connectivity index (χ1v) is 10.9. The first-order chi connectivity index (χ1) is 16.4. The molecule has 0 bridgehead atoms. The van der Waals surface area contributed by atoms with Gasteiger partial charge in [-0.25, -0.2) is 18.7 Å². The Balaban J connectivity index is 1.52. The van der Waals surface area contributed by atoms with Gasteiger partial charge in [-0.05, 0) is 19.2 Å². The lowest BCUT2D eigenvalue weighted by molar-refractivity contribution is 0.0664. The minimum absolute atomic E-state index is 0.0273. The number of benzene rings is 2. The van der Waals surface area contributed by atoms with Crippen molar-refractivity contribution in [2.75, 3.05) is 39.0 Å². The van der Waals surface area contributed by atoms with Crippen LogP contribution in [-0.2, 0) is 6.54 Å². The van der Waals surface area contributed by atoms with Gasteiger partial charge in [0.25, 0.3) is 5.91 Å². The molecule has 1 fully saturated rings. The van der Waals surface area contributed by atoms with Gasteiger partial charge in [-0.2, -0.15) is 5.10 Å². The molecule has 0 atom stereocenters. The van der Waals surface area contributed by atoms with Gasteiger partial charge in [-0.3, -0.25) is 9.48 Å². The first-order valence-electron chi connectivity index (χ1n) is 10.9. The zero-order chi connectivity index (χ0) is 23.8. The molecular formula is C24H23F2N7O. The van der Waals surface area contributed by atoms with E-state index in [1.54, 1.807) is 35.2 Å². The molecular weight excluding hydrogens is 440 g/mol. The van der Waals surface area contributed by atoms with Gasteiger partial charge in [-0.1, -0.05) is 30.3 Å². The number of rotatable bonds is 4. The number of nitrogen functional groups attached to an aromatic ring is 1. The Bertz CT molecular complexity index is 1380. The molecule has 0 radical (unpaired) electrons. The summed E-state index contributed by atoms with van der Waals surface area (Å²) >= 11 is 0. The maximum atomic E-state index is 14.8. The Morgan fingerprint density at radius 3 is 2.50 bits per heavy atom. The average molecular weight is 463 g/mol. The van der Waals surface area contributed by atoms with Crippen LogP contribution >= 0.6 is 0 Å². The van der Waals surface area contributed by atoms with E-state index in [2.05, 4.69) is 20.0 Å². The maximum Gasteiger partial charge on any atom is 0.259 e. The average Bonchev–Trinajstić information content (AvgIpc) is 3.20. The fourth-order valence-electron chi connectivity index (χ4n) is 4.11. The van der Waals surface area contributed by atoms with E-state index >= 15 is 0 Å². The predicted octanol–water partition coefficient (Wildman–Crippen LogP) is 2.79. The van der Waals surface area contributed by atoms with Gasteiger partial charge in [0.05, 0.1) is 6.54 Å². The van der Waals surface area contributed by atoms with E-state index in [4.69, 9.17) is 5.73 Å². The van der Waals surface area contributed by atoms with Gasteiger partial charge < -0.3 is 15.5 Å². The second-order valence-corrected chi connectivity index (χ2v) is 8.32. The van der Waals surface area contributed by atoms with Crippen LogP contribution in [0.1, 0.15) is 15.9 Å². The number of nitrogens with zero attached hydrogens (tertiary/aromatic N) is 6. The zero-order valence-electron chi connectivity index (χ0n) is 18.6. The van der Waals surface area contributed by atoms with Crippen LogP contribution in [0, 0.1) is 11.6 Å². The van der Waals surface area contributed by atoms with Crippen LogP contribution in [0.3, 0.4) is 0 Å². The minimum Gasteiger partial charge on any atom is -0.383 e. The van der Waals surface area contributed by atoms with Crippen molar-refractivity contribution in [3.05, 3.63) is 71.4 Å². The van der Waals surface area contributed by atoms with Crippen molar-refractivity contribution in [3.63, 3.8) is 0 Å². The van der Waals surface area contributed by atoms with Crippen molar-refractivity contribution >= 4 is 22.6 Å². The summed E-state index contributed by atoms with van der Waals surface area (Å²) in [6.07, 6.45) is 1.39. The molecule has 0 spiro atoms. The van der Waals surface area contributed by atoms with E-state index in [9.17, 15) is 13.6 Å². The van der Waals surface area contributed by atoms with Crippen molar-refractivity contribution < 1.29 is 13.6 Å². The number of amides is 1. The number of anilines is 1. The molecule has 5 rings (SSSR count). The van der Waals surface area contributed by atoms with Crippen molar-refractivity contribution in [1.82, 2.24) is 29.5 Å². The largest absolute Gasteiger partial charge is 0.383 e. The van der Waals surface area contributed by atoms with Gasteiger partial charge >= 0.3 is 0 Å². The first kappa shape index (κ1) is 21.9. The predicted molar refractivity (Wildman–Crippen MR) is 124 cm³/mol. The van der Waals surface area contributed by atoms with Crippen LogP contribution in [0.2, 0.25) is 0 Å². The Kier molecular flexibility index (Phi) is 5.66. The molecule has 1 aliphatic rings. The van der Waals surface area contributed by atoms with Crippen LogP contribution in [0.4, 0.5) is 14.6 Å². The van der Waals surface area contributed by atoms with Crippen molar-refractivity contribution in [3.8, 4) is 11.5 Å². The summed E-state index contributed by atoms with van der Waals surface area (Å²) in [6, 6.07) is 10.8. The molecule has 3 heterocycles. The molecule has 2 N–H and O–H groups in total. The van der Waals surface area contributed by atoms with Gasteiger partial charge in [0.1, 0.15) is 34.2 Å². The number of likely N-dealkylation sites (N-methyl/N-ethyl adjacent to an activating group) is 1. The highest BCUT2D eigenvalue weighted by atomic mass is 19.1. The normalized spacial score (nSPS) is 14.6. The standard InChI is InChI=1S/C24H23F2N7O/c1-31-9-11-32(12-10-31)24(34)17-13-28-23(29-22(17)27)20-16-6-4-8-19(26)21(16)33(30-20)14-15-5-2-3-7-18(15)25/h2-8,13H,9-12,14H2,1H3,(H2,27,28,29). The number of para-hydroxylation sites is 1. The Morgan fingerprint density at radius 2 is 1.76 bits per heavy atom. The highest BCUT2D eigenvalue weighted by Crippen LogP contribution is 2.29. The van der Waals surface area contributed by atoms with Gasteiger partial charge in [0, 0.05) is 43.3 Å². The molecule has 0 unspecified atom stereocenters. The number of piperazine rings is 1. The maximum absolute atomic E-state index is 14.8. The third-order valence-corrected chi connectivity index (χ3v) is 6.05. The van der Waals surface area contributed by atoms with Crippen LogP contribution < -0.4 is 5.73 Å². The number of fused-ring (bicyclic) bond motifs is 1. The minimum atomic E-state index is -0.498. The lowest BCUT2D eigenvalue weighted by Crippen LogP contribution is -2.47. The molecule has 0 saturated carbocycles. The number of halogens is 2. The molecule has 34 heavy (non-hydrogen) atoms. The number of carbonyl (C=O) groups excluding carboxylic acids is 1. The monoisotopic (exact) mass is 463 g/mol. The summed E-state index contributed by atoms with van der Waals surface area (Å²) in [5.41, 5.74) is 7.25. The van der Waals surface area contributed by atoms with E-state index in [-0.39, 0.29) is 35.2 Å². The molecule has 2 aromatic heterocycles. The molecule has 4 aromatic rings. The lowest BCUT2D eigenvalue weighted by Gasteiger charge is -2.32. The summed E-state index contributed by atoms with van der Waals surface area (Å²) < 4.78 is 30.4. The SMILES string of the molecule is CN1CCN(C(=O)c2cnc(-c3nn(Cc4ccccc4F)c4c(F)cccc34)nc2N)CC1.